The third-order valence-corrected chi connectivity index (χ3v) is 3.81. The van der Waals surface area contributed by atoms with E-state index >= 15 is 0 Å². The molecule has 0 bridgehead atoms. The maximum atomic E-state index is 11.8. The molecule has 1 unspecified atom stereocenters. The van der Waals surface area contributed by atoms with Crippen molar-refractivity contribution in [3.8, 4) is 0 Å². The van der Waals surface area contributed by atoms with Gasteiger partial charge in [0.05, 0.1) is 6.10 Å². The smallest absolute Gasteiger partial charge is 0.313 e. The quantitative estimate of drug-likeness (QED) is 0.354. The topological polar surface area (TPSA) is 90.5 Å². The number of aliphatic hydroxyl groups is 1. The summed E-state index contributed by atoms with van der Waals surface area (Å²) >= 11 is 0. The van der Waals surface area contributed by atoms with Crippen LogP contribution in [0.2, 0.25) is 0 Å². The molecule has 0 aliphatic heterocycles. The summed E-state index contributed by atoms with van der Waals surface area (Å²) in [6.45, 7) is 24.8. The summed E-state index contributed by atoms with van der Waals surface area (Å²) in [6.07, 6.45) is 4.43. The highest BCUT2D eigenvalue weighted by Gasteiger charge is 2.33. The molecule has 4 N–H and O–H groups in total. The van der Waals surface area contributed by atoms with Crippen molar-refractivity contribution in [1.82, 2.24) is 16.0 Å². The van der Waals surface area contributed by atoms with Crippen molar-refractivity contribution in [2.24, 2.45) is 0 Å². The maximum absolute atomic E-state index is 11.8. The first kappa shape index (κ1) is 30.8. The van der Waals surface area contributed by atoms with Gasteiger partial charge in [0.25, 0.3) is 0 Å². The van der Waals surface area contributed by atoms with Gasteiger partial charge in [0.1, 0.15) is 0 Å². The number of aliphatic hydroxyl groups excluding tert-OH is 1. The highest BCUT2D eigenvalue weighted by Crippen LogP contribution is 2.17. The predicted octanol–water partition coefficient (Wildman–Crippen LogP) is 3.44. The van der Waals surface area contributed by atoms with Gasteiger partial charge in [0, 0.05) is 23.3 Å². The van der Waals surface area contributed by atoms with E-state index in [1.807, 2.05) is 55.4 Å². The molecule has 164 valence electrons. The lowest BCUT2D eigenvalue weighted by Gasteiger charge is -2.39. The monoisotopic (exact) mass is 397 g/mol. The van der Waals surface area contributed by atoms with E-state index in [9.17, 15) is 14.7 Å². The maximum Gasteiger partial charge on any atom is 0.313 e. The van der Waals surface area contributed by atoms with Gasteiger partial charge in [-0.05, 0) is 46.3 Å². The van der Waals surface area contributed by atoms with Crippen molar-refractivity contribution in [2.75, 3.05) is 6.54 Å². The van der Waals surface area contributed by atoms with Crippen molar-refractivity contribution >= 4 is 11.8 Å². The summed E-state index contributed by atoms with van der Waals surface area (Å²) in [5.74, 6) is -1.65. The molecule has 0 aliphatic rings. The molecule has 0 heterocycles. The van der Waals surface area contributed by atoms with Crippen molar-refractivity contribution in [2.45, 2.75) is 85.9 Å². The average molecular weight is 398 g/mol. The van der Waals surface area contributed by atoms with Crippen LogP contribution >= 0.6 is 0 Å². The molecule has 0 fully saturated rings. The Kier molecular flexibility index (Phi) is 17.7. The van der Waals surface area contributed by atoms with Crippen molar-refractivity contribution in [3.63, 3.8) is 0 Å². The Balaban J connectivity index is -0.00000146. The Morgan fingerprint density at radius 3 is 1.93 bits per heavy atom. The van der Waals surface area contributed by atoms with Gasteiger partial charge < -0.3 is 21.1 Å². The number of rotatable bonds is 9. The van der Waals surface area contributed by atoms with Gasteiger partial charge in [-0.2, -0.15) is 0 Å². The minimum Gasteiger partial charge on any atom is -0.389 e. The van der Waals surface area contributed by atoms with Gasteiger partial charge in [-0.25, -0.2) is 0 Å². The fourth-order valence-electron chi connectivity index (χ4n) is 2.04. The molecule has 0 aliphatic carbocycles. The second-order valence-electron chi connectivity index (χ2n) is 6.83. The molecule has 1 atom stereocenters. The molecule has 2 amide bonds. The third-order valence-electron chi connectivity index (χ3n) is 3.81. The minimum atomic E-state index is -0.859. The summed E-state index contributed by atoms with van der Waals surface area (Å²) in [5, 5.41) is 18.5. The fourth-order valence-corrected chi connectivity index (χ4v) is 2.04. The normalized spacial score (nSPS) is 12.3. The summed E-state index contributed by atoms with van der Waals surface area (Å²) in [5.41, 5.74) is -0.407. The van der Waals surface area contributed by atoms with Gasteiger partial charge in [0.15, 0.2) is 0 Å². The largest absolute Gasteiger partial charge is 0.389 e. The van der Waals surface area contributed by atoms with Gasteiger partial charge in [-0.3, -0.25) is 9.59 Å². The van der Waals surface area contributed by atoms with Crippen LogP contribution in [0.1, 0.15) is 68.7 Å². The van der Waals surface area contributed by atoms with Crippen molar-refractivity contribution < 1.29 is 14.7 Å². The Morgan fingerprint density at radius 2 is 1.54 bits per heavy atom. The van der Waals surface area contributed by atoms with E-state index in [0.29, 0.717) is 5.70 Å². The van der Waals surface area contributed by atoms with Crippen LogP contribution in [0, 0.1) is 0 Å². The molecule has 0 aromatic carbocycles. The number of carbonyl (C=O) groups excluding carboxylic acids is 2. The fraction of sp³-hybridized carbons (Fsp3) is 0.636. The lowest BCUT2D eigenvalue weighted by molar-refractivity contribution is -0.139. The molecule has 0 aromatic heterocycles. The highest BCUT2D eigenvalue weighted by molar-refractivity contribution is 6.35. The molecule has 0 spiro atoms. The molecule has 0 saturated heterocycles. The van der Waals surface area contributed by atoms with Crippen LogP contribution in [0.15, 0.2) is 37.1 Å². The van der Waals surface area contributed by atoms with Crippen LogP contribution in [0.5, 0.6) is 0 Å². The summed E-state index contributed by atoms with van der Waals surface area (Å²) < 4.78 is 0. The van der Waals surface area contributed by atoms with Crippen molar-refractivity contribution in [3.05, 3.63) is 37.1 Å². The van der Waals surface area contributed by atoms with Crippen LogP contribution in [0.4, 0.5) is 0 Å². The summed E-state index contributed by atoms with van der Waals surface area (Å²) in [7, 11) is 0. The Morgan fingerprint density at radius 1 is 1.04 bits per heavy atom. The van der Waals surface area contributed by atoms with Gasteiger partial charge in [-0.15, -0.1) is 0 Å². The van der Waals surface area contributed by atoms with E-state index in [2.05, 4.69) is 36.0 Å². The van der Waals surface area contributed by atoms with E-state index in [1.165, 1.54) is 18.2 Å². The van der Waals surface area contributed by atoms with Crippen molar-refractivity contribution in [1.29, 1.82) is 0 Å². The first-order chi connectivity index (χ1) is 13.0. The second kappa shape index (κ2) is 16.1. The molecule has 0 radical (unpaired) electrons. The Hall–Kier alpha value is -1.92. The molecule has 6 nitrogen and oxygen atoms in total. The molecular weight excluding hydrogens is 354 g/mol. The Bertz CT molecular complexity index is 509. The standard InChI is InChI=1S/C18H31N3O3.2C2H6/c1-8-11-13(9-2)20-16(24)15(23)19-12-14(22)18(6,7)21-17(4,5)10-3;2*1-2/h8-9,11,14,21-22H,1-2,10,12H2,3-7H3,(H,19,23)(H,20,24);2*1-2H3/b13-11+;;. The molecule has 28 heavy (non-hydrogen) atoms. The van der Waals surface area contributed by atoms with Gasteiger partial charge in [0.2, 0.25) is 0 Å². The van der Waals surface area contributed by atoms with E-state index < -0.39 is 23.5 Å². The minimum absolute atomic E-state index is 0.0410. The average Bonchev–Trinajstić information content (AvgIpc) is 2.67. The van der Waals surface area contributed by atoms with Crippen LogP contribution in [0.25, 0.3) is 0 Å². The lowest BCUT2D eigenvalue weighted by Crippen LogP contribution is -2.60. The SMILES string of the molecule is C=C/C=C(\C=C)NC(=O)C(=O)NCC(O)C(C)(C)NC(C)(C)CC.CC.CC. The summed E-state index contributed by atoms with van der Waals surface area (Å²) in [4.78, 5) is 23.6. The Labute approximate surface area is 172 Å². The number of nitrogens with one attached hydrogen (secondary N) is 3. The number of hydrogen-bond acceptors (Lipinski definition) is 4. The van der Waals surface area contributed by atoms with Crippen LogP contribution < -0.4 is 16.0 Å². The van der Waals surface area contributed by atoms with Gasteiger partial charge >= 0.3 is 11.8 Å². The predicted molar refractivity (Wildman–Crippen MR) is 120 cm³/mol. The number of hydrogen-bond donors (Lipinski definition) is 4. The third kappa shape index (κ3) is 13.3. The van der Waals surface area contributed by atoms with Crippen LogP contribution in [-0.2, 0) is 9.59 Å². The molecular formula is C22H43N3O3. The molecule has 0 aromatic rings. The van der Waals surface area contributed by atoms with Crippen LogP contribution in [-0.4, -0.2) is 40.6 Å². The van der Waals surface area contributed by atoms with Gasteiger partial charge in [-0.1, -0.05) is 53.9 Å². The second-order valence-corrected chi connectivity index (χ2v) is 6.83. The zero-order valence-electron chi connectivity index (χ0n) is 19.4. The van der Waals surface area contributed by atoms with E-state index in [1.54, 1.807) is 0 Å². The molecule has 0 saturated carbocycles. The van der Waals surface area contributed by atoms with E-state index in [4.69, 9.17) is 0 Å². The first-order valence-electron chi connectivity index (χ1n) is 10.0. The highest BCUT2D eigenvalue weighted by atomic mass is 16.3. The number of carbonyl (C=O) groups is 2. The zero-order valence-corrected chi connectivity index (χ0v) is 19.4. The number of amides is 2. The number of allylic oxidation sites excluding steroid dienone is 3. The van der Waals surface area contributed by atoms with E-state index in [-0.39, 0.29) is 12.1 Å². The zero-order chi connectivity index (χ0) is 23.0. The van der Waals surface area contributed by atoms with Crippen LogP contribution in [0.3, 0.4) is 0 Å². The molecule has 0 rings (SSSR count). The lowest BCUT2D eigenvalue weighted by atomic mass is 9.91. The first-order valence-corrected chi connectivity index (χ1v) is 10.0. The van der Waals surface area contributed by atoms with E-state index in [0.717, 1.165) is 6.42 Å². The summed E-state index contributed by atoms with van der Waals surface area (Å²) in [6, 6.07) is 0. The molecule has 6 heteroatoms.